The van der Waals surface area contributed by atoms with Gasteiger partial charge >= 0.3 is 5.97 Å². The number of aromatic nitrogens is 2. The van der Waals surface area contributed by atoms with Gasteiger partial charge in [0.25, 0.3) is 0 Å². The second kappa shape index (κ2) is 5.99. The van der Waals surface area contributed by atoms with E-state index in [1.807, 2.05) is 0 Å². The van der Waals surface area contributed by atoms with Crippen LogP contribution in [0.1, 0.15) is 10.5 Å². The highest BCUT2D eigenvalue weighted by Crippen LogP contribution is 2.02. The van der Waals surface area contributed by atoms with Gasteiger partial charge in [-0.15, -0.1) is 10.2 Å². The topological polar surface area (TPSA) is 105 Å². The molecule has 0 saturated heterocycles. The Morgan fingerprint density at radius 1 is 1.56 bits per heavy atom. The summed E-state index contributed by atoms with van der Waals surface area (Å²) in [6.45, 7) is -0.177. The number of esters is 1. The van der Waals surface area contributed by atoms with Gasteiger partial charge in [0.1, 0.15) is 5.82 Å². The molecule has 0 bridgehead atoms. The molecule has 1 rings (SSSR count). The highest BCUT2D eigenvalue weighted by molar-refractivity contribution is 5.86. The molecule has 3 N–H and O–H groups in total. The summed E-state index contributed by atoms with van der Waals surface area (Å²) in [7, 11) is 1.26. The molecule has 0 saturated carbocycles. The van der Waals surface area contributed by atoms with Crippen LogP contribution in [-0.4, -0.2) is 52.7 Å². The van der Waals surface area contributed by atoms with E-state index in [0.717, 1.165) is 0 Å². The van der Waals surface area contributed by atoms with E-state index < -0.39 is 12.1 Å². The smallest absolute Gasteiger partial charge is 0.358 e. The van der Waals surface area contributed by atoms with Crippen LogP contribution in [0.4, 0.5) is 5.82 Å². The molecule has 0 aromatic carbocycles. The third kappa shape index (κ3) is 3.44. The quantitative estimate of drug-likeness (QED) is 0.556. The molecule has 0 aliphatic heterocycles. The number of aliphatic hydroxyl groups excluding tert-OH is 2. The number of hydrogen-bond acceptors (Lipinski definition) is 7. The van der Waals surface area contributed by atoms with Crippen molar-refractivity contribution >= 4 is 11.8 Å². The Balaban J connectivity index is 2.54. The van der Waals surface area contributed by atoms with Gasteiger partial charge in [-0.1, -0.05) is 0 Å². The maximum Gasteiger partial charge on any atom is 0.358 e. The zero-order valence-electron chi connectivity index (χ0n) is 8.75. The predicted molar refractivity (Wildman–Crippen MR) is 55.0 cm³/mol. The zero-order chi connectivity index (χ0) is 12.0. The number of rotatable bonds is 5. The van der Waals surface area contributed by atoms with Gasteiger partial charge in [-0.2, -0.15) is 0 Å². The van der Waals surface area contributed by atoms with E-state index in [1.54, 1.807) is 0 Å². The van der Waals surface area contributed by atoms with E-state index in [1.165, 1.54) is 19.2 Å². The molecule has 0 aliphatic carbocycles. The Hall–Kier alpha value is -1.73. The number of carbonyl (C=O) groups is 1. The van der Waals surface area contributed by atoms with Crippen molar-refractivity contribution in [1.29, 1.82) is 0 Å². The summed E-state index contributed by atoms with van der Waals surface area (Å²) in [5, 5.41) is 27.7. The largest absolute Gasteiger partial charge is 0.464 e. The Bertz CT molecular complexity index is 341. The molecule has 1 aromatic heterocycles. The fourth-order valence-corrected chi connectivity index (χ4v) is 0.927. The van der Waals surface area contributed by atoms with Crippen LogP contribution in [0.15, 0.2) is 12.1 Å². The summed E-state index contributed by atoms with van der Waals surface area (Å²) < 4.78 is 4.46. The van der Waals surface area contributed by atoms with Crippen molar-refractivity contribution in [3.63, 3.8) is 0 Å². The van der Waals surface area contributed by atoms with Crippen LogP contribution >= 0.6 is 0 Å². The van der Waals surface area contributed by atoms with Crippen molar-refractivity contribution in [2.45, 2.75) is 6.10 Å². The third-order valence-electron chi connectivity index (χ3n) is 1.79. The molecule has 1 unspecified atom stereocenters. The molecule has 0 spiro atoms. The average Bonchev–Trinajstić information content (AvgIpc) is 2.35. The van der Waals surface area contributed by atoms with Crippen molar-refractivity contribution in [2.75, 3.05) is 25.6 Å². The summed E-state index contributed by atoms with van der Waals surface area (Å²) in [6, 6.07) is 2.98. The minimum Gasteiger partial charge on any atom is -0.464 e. The fourth-order valence-electron chi connectivity index (χ4n) is 0.927. The second-order valence-corrected chi connectivity index (χ2v) is 3.01. The second-order valence-electron chi connectivity index (χ2n) is 3.01. The summed E-state index contributed by atoms with van der Waals surface area (Å²) in [6.07, 6.45) is -0.859. The van der Waals surface area contributed by atoms with E-state index in [9.17, 15) is 4.79 Å². The van der Waals surface area contributed by atoms with Crippen LogP contribution in [0.3, 0.4) is 0 Å². The van der Waals surface area contributed by atoms with Crippen molar-refractivity contribution in [3.05, 3.63) is 17.8 Å². The van der Waals surface area contributed by atoms with Crippen molar-refractivity contribution in [2.24, 2.45) is 0 Å². The lowest BCUT2D eigenvalue weighted by Gasteiger charge is -2.08. The minimum absolute atomic E-state index is 0.107. The first-order chi connectivity index (χ1) is 7.67. The molecule has 1 atom stereocenters. The Morgan fingerprint density at radius 3 is 2.81 bits per heavy atom. The Kier molecular flexibility index (Phi) is 4.62. The maximum atomic E-state index is 11.0. The molecular formula is C9H13N3O4. The lowest BCUT2D eigenvalue weighted by Crippen LogP contribution is -2.23. The zero-order valence-corrected chi connectivity index (χ0v) is 8.75. The number of carbonyl (C=O) groups excluding carboxylic acids is 1. The van der Waals surface area contributed by atoms with Crippen LogP contribution in [0.5, 0.6) is 0 Å². The van der Waals surface area contributed by atoms with Gasteiger partial charge in [-0.05, 0) is 12.1 Å². The first-order valence-corrected chi connectivity index (χ1v) is 4.62. The van der Waals surface area contributed by atoms with Gasteiger partial charge in [0.2, 0.25) is 0 Å². The molecule has 0 fully saturated rings. The Labute approximate surface area is 92.1 Å². The van der Waals surface area contributed by atoms with Crippen LogP contribution in [0.25, 0.3) is 0 Å². The fraction of sp³-hybridized carbons (Fsp3) is 0.444. The van der Waals surface area contributed by atoms with Gasteiger partial charge in [0, 0.05) is 6.54 Å². The highest BCUT2D eigenvalue weighted by atomic mass is 16.5. The number of ether oxygens (including phenoxy) is 1. The van der Waals surface area contributed by atoms with Crippen molar-refractivity contribution in [1.82, 2.24) is 10.2 Å². The lowest BCUT2D eigenvalue weighted by molar-refractivity contribution is 0.0592. The van der Waals surface area contributed by atoms with Crippen LogP contribution in [0.2, 0.25) is 0 Å². The lowest BCUT2D eigenvalue weighted by atomic mass is 10.3. The number of aliphatic hydroxyl groups is 2. The van der Waals surface area contributed by atoms with Gasteiger partial charge in [-0.25, -0.2) is 4.79 Å². The van der Waals surface area contributed by atoms with E-state index in [4.69, 9.17) is 10.2 Å². The first-order valence-electron chi connectivity index (χ1n) is 4.62. The number of nitrogens with zero attached hydrogens (tertiary/aromatic N) is 2. The van der Waals surface area contributed by atoms with Crippen molar-refractivity contribution in [3.8, 4) is 0 Å². The summed E-state index contributed by atoms with van der Waals surface area (Å²) in [5.41, 5.74) is 0.107. The number of methoxy groups -OCH3 is 1. The maximum absolute atomic E-state index is 11.0. The molecule has 0 radical (unpaired) electrons. The molecule has 0 amide bonds. The molecule has 0 aliphatic rings. The molecule has 88 valence electrons. The average molecular weight is 227 g/mol. The molecule has 7 nitrogen and oxygen atoms in total. The van der Waals surface area contributed by atoms with Crippen LogP contribution < -0.4 is 5.32 Å². The Morgan fingerprint density at radius 2 is 2.31 bits per heavy atom. The van der Waals surface area contributed by atoms with Gasteiger partial charge < -0.3 is 20.3 Å². The first kappa shape index (κ1) is 12.3. The van der Waals surface area contributed by atoms with Gasteiger partial charge in [-0.3, -0.25) is 0 Å². The van der Waals surface area contributed by atoms with E-state index in [-0.39, 0.29) is 18.8 Å². The summed E-state index contributed by atoms with van der Waals surface area (Å²) in [5.74, 6) is -0.158. The predicted octanol–water partition coefficient (Wildman–Crippen LogP) is -0.972. The standard InChI is InChI=1S/C9H13N3O4/c1-16-9(15)7-2-3-8(12-11-7)10-4-6(14)5-13/h2-3,6,13-14H,4-5H2,1H3,(H,10,12). The van der Waals surface area contributed by atoms with E-state index >= 15 is 0 Å². The summed E-state index contributed by atoms with van der Waals surface area (Å²) in [4.78, 5) is 11.0. The van der Waals surface area contributed by atoms with Gasteiger partial charge in [0.05, 0.1) is 19.8 Å². The molecular weight excluding hydrogens is 214 g/mol. The highest BCUT2D eigenvalue weighted by Gasteiger charge is 2.08. The SMILES string of the molecule is COC(=O)c1ccc(NCC(O)CO)nn1. The minimum atomic E-state index is -0.859. The normalized spacial score (nSPS) is 11.9. The van der Waals surface area contributed by atoms with Gasteiger partial charge in [0.15, 0.2) is 5.69 Å². The van der Waals surface area contributed by atoms with Crippen LogP contribution in [0, 0.1) is 0 Å². The molecule has 1 aromatic rings. The van der Waals surface area contributed by atoms with E-state index in [2.05, 4.69) is 20.3 Å². The van der Waals surface area contributed by atoms with Crippen molar-refractivity contribution < 1.29 is 19.7 Å². The monoisotopic (exact) mass is 227 g/mol. The number of anilines is 1. The summed E-state index contributed by atoms with van der Waals surface area (Å²) >= 11 is 0. The van der Waals surface area contributed by atoms with E-state index in [0.29, 0.717) is 5.82 Å². The number of nitrogens with one attached hydrogen (secondary N) is 1. The number of hydrogen-bond donors (Lipinski definition) is 3. The molecule has 16 heavy (non-hydrogen) atoms. The third-order valence-corrected chi connectivity index (χ3v) is 1.79. The molecule has 7 heteroatoms. The van der Waals surface area contributed by atoms with Crippen LogP contribution in [-0.2, 0) is 4.74 Å². The molecule has 1 heterocycles.